The SMILES string of the molecule is C[C@@H]1CN(S(=O)(=O)c2ccc(Nc3nn([C@H]4COCC[C@@H]4C#N)c4cc[nH]c(=O)c34)cc2)C[C@@H](C)O1. The van der Waals surface area contributed by atoms with Crippen molar-refractivity contribution in [3.8, 4) is 6.07 Å². The smallest absolute Gasteiger partial charge is 0.261 e. The zero-order valence-electron chi connectivity index (χ0n) is 20.0. The molecule has 0 amide bonds. The van der Waals surface area contributed by atoms with Gasteiger partial charge in [0.05, 0.1) is 47.3 Å². The van der Waals surface area contributed by atoms with Gasteiger partial charge in [0, 0.05) is 31.6 Å². The number of aromatic amines is 1. The van der Waals surface area contributed by atoms with Crippen molar-refractivity contribution in [3.05, 3.63) is 46.9 Å². The summed E-state index contributed by atoms with van der Waals surface area (Å²) in [7, 11) is -3.67. The Morgan fingerprint density at radius 3 is 2.58 bits per heavy atom. The molecule has 2 aliphatic heterocycles. The molecule has 0 aliphatic carbocycles. The minimum Gasteiger partial charge on any atom is -0.379 e. The number of aromatic nitrogens is 3. The van der Waals surface area contributed by atoms with Crippen molar-refractivity contribution in [1.29, 1.82) is 5.26 Å². The molecule has 2 fully saturated rings. The molecular formula is C24H28N6O5S. The average molecular weight is 513 g/mol. The summed E-state index contributed by atoms with van der Waals surface area (Å²) in [6.07, 6.45) is 1.78. The van der Waals surface area contributed by atoms with E-state index in [1.165, 1.54) is 16.4 Å². The molecule has 190 valence electrons. The lowest BCUT2D eigenvalue weighted by Crippen LogP contribution is -2.48. The van der Waals surface area contributed by atoms with Crippen molar-refractivity contribution < 1.29 is 17.9 Å². The molecule has 3 aromatic rings. The van der Waals surface area contributed by atoms with E-state index in [0.717, 1.165) is 0 Å². The fourth-order valence-corrected chi connectivity index (χ4v) is 6.47. The van der Waals surface area contributed by atoms with Gasteiger partial charge < -0.3 is 19.8 Å². The lowest BCUT2D eigenvalue weighted by atomic mass is 9.96. The molecule has 12 heteroatoms. The molecule has 0 saturated carbocycles. The fraction of sp³-hybridized carbons (Fsp3) is 0.458. The van der Waals surface area contributed by atoms with Crippen LogP contribution in [0.3, 0.4) is 0 Å². The highest BCUT2D eigenvalue weighted by molar-refractivity contribution is 7.89. The lowest BCUT2D eigenvalue weighted by Gasteiger charge is -2.34. The van der Waals surface area contributed by atoms with Gasteiger partial charge in [0.2, 0.25) is 10.0 Å². The molecule has 1 aromatic carbocycles. The van der Waals surface area contributed by atoms with Crippen LogP contribution in [-0.4, -0.2) is 66.0 Å². The third-order valence-electron chi connectivity index (χ3n) is 6.58. The first kappa shape index (κ1) is 24.5. The number of pyridine rings is 1. The summed E-state index contributed by atoms with van der Waals surface area (Å²) in [5.74, 6) is 0.0321. The number of benzene rings is 1. The third-order valence-corrected chi connectivity index (χ3v) is 8.42. The molecule has 36 heavy (non-hydrogen) atoms. The molecular weight excluding hydrogens is 484 g/mol. The Hall–Kier alpha value is -3.24. The summed E-state index contributed by atoms with van der Waals surface area (Å²) >= 11 is 0. The number of nitrogens with one attached hydrogen (secondary N) is 2. The summed E-state index contributed by atoms with van der Waals surface area (Å²) in [6.45, 7) is 5.15. The maximum Gasteiger partial charge on any atom is 0.261 e. The van der Waals surface area contributed by atoms with Gasteiger partial charge >= 0.3 is 0 Å². The van der Waals surface area contributed by atoms with Gasteiger partial charge in [-0.15, -0.1) is 0 Å². The normalized spacial score (nSPS) is 25.5. The van der Waals surface area contributed by atoms with Crippen LogP contribution in [0.25, 0.3) is 10.9 Å². The molecule has 2 saturated heterocycles. The molecule has 2 aromatic heterocycles. The van der Waals surface area contributed by atoms with E-state index in [1.807, 2.05) is 13.8 Å². The average Bonchev–Trinajstić information content (AvgIpc) is 3.23. The van der Waals surface area contributed by atoms with E-state index in [0.29, 0.717) is 55.1 Å². The molecule has 2 N–H and O–H groups in total. The topological polar surface area (TPSA) is 142 Å². The van der Waals surface area contributed by atoms with Gasteiger partial charge in [0.15, 0.2) is 5.82 Å². The monoisotopic (exact) mass is 512 g/mol. The van der Waals surface area contributed by atoms with Crippen molar-refractivity contribution in [2.45, 2.75) is 43.4 Å². The molecule has 0 spiro atoms. The Bertz CT molecular complexity index is 1450. The van der Waals surface area contributed by atoms with Crippen molar-refractivity contribution in [1.82, 2.24) is 19.1 Å². The highest BCUT2D eigenvalue weighted by Crippen LogP contribution is 2.32. The van der Waals surface area contributed by atoms with Gasteiger partial charge in [-0.2, -0.15) is 14.7 Å². The van der Waals surface area contributed by atoms with Crippen LogP contribution in [0.2, 0.25) is 0 Å². The van der Waals surface area contributed by atoms with Gasteiger partial charge in [0.1, 0.15) is 5.39 Å². The Labute approximate surface area is 208 Å². The maximum atomic E-state index is 13.2. The van der Waals surface area contributed by atoms with E-state index < -0.39 is 10.0 Å². The molecule has 0 bridgehead atoms. The van der Waals surface area contributed by atoms with Crippen molar-refractivity contribution in [2.75, 3.05) is 31.6 Å². The molecule has 0 radical (unpaired) electrons. The molecule has 4 heterocycles. The number of hydrogen-bond acceptors (Lipinski definition) is 8. The van der Waals surface area contributed by atoms with E-state index in [1.54, 1.807) is 29.1 Å². The highest BCUT2D eigenvalue weighted by Gasteiger charge is 2.33. The first-order valence-corrected chi connectivity index (χ1v) is 13.3. The quantitative estimate of drug-likeness (QED) is 0.531. The molecule has 4 atom stereocenters. The first-order valence-electron chi connectivity index (χ1n) is 11.9. The van der Waals surface area contributed by atoms with E-state index in [4.69, 9.17) is 9.47 Å². The molecule has 11 nitrogen and oxygen atoms in total. The Balaban J connectivity index is 1.44. The molecule has 2 aliphatic rings. The van der Waals surface area contributed by atoms with Gasteiger partial charge in [-0.05, 0) is 50.6 Å². The number of nitriles is 1. The zero-order valence-corrected chi connectivity index (χ0v) is 20.9. The Morgan fingerprint density at radius 2 is 1.89 bits per heavy atom. The van der Waals surface area contributed by atoms with E-state index >= 15 is 0 Å². The highest BCUT2D eigenvalue weighted by atomic mass is 32.2. The largest absolute Gasteiger partial charge is 0.379 e. The van der Waals surface area contributed by atoms with Crippen LogP contribution in [0.15, 0.2) is 46.2 Å². The number of nitrogens with zero attached hydrogens (tertiary/aromatic N) is 4. The van der Waals surface area contributed by atoms with Gasteiger partial charge in [-0.3, -0.25) is 9.48 Å². The van der Waals surface area contributed by atoms with Crippen LogP contribution in [0.4, 0.5) is 11.5 Å². The number of morpholine rings is 1. The number of hydrogen-bond donors (Lipinski definition) is 2. The van der Waals surface area contributed by atoms with Crippen LogP contribution in [0.1, 0.15) is 26.3 Å². The van der Waals surface area contributed by atoms with E-state index in [-0.39, 0.29) is 34.6 Å². The van der Waals surface area contributed by atoms with E-state index in [2.05, 4.69) is 21.5 Å². The fourth-order valence-electron chi connectivity index (χ4n) is 4.88. The minimum absolute atomic E-state index is 0.179. The lowest BCUT2D eigenvalue weighted by molar-refractivity contribution is -0.0440. The summed E-state index contributed by atoms with van der Waals surface area (Å²) < 4.78 is 40.7. The summed E-state index contributed by atoms with van der Waals surface area (Å²) in [5.41, 5.74) is 0.845. The van der Waals surface area contributed by atoms with Crippen LogP contribution < -0.4 is 10.9 Å². The van der Waals surface area contributed by atoms with Crippen LogP contribution in [0.5, 0.6) is 0 Å². The predicted molar refractivity (Wildman–Crippen MR) is 132 cm³/mol. The van der Waals surface area contributed by atoms with Gasteiger partial charge in [-0.1, -0.05) is 0 Å². The number of rotatable bonds is 5. The standard InChI is InChI=1S/C24H28N6O5S/c1-15-12-29(13-16(2)35-15)36(32,33)19-5-3-18(4-6-19)27-23-22-20(7-9-26-24(22)31)30(28-23)21-14-34-10-8-17(21)11-25/h3-7,9,15-17,21H,8,10,12-14H2,1-2H3,(H,26,31)(H,27,28)/t15-,16-,17-,21+/m1/s1. The number of H-pyrrole nitrogens is 1. The van der Waals surface area contributed by atoms with Crippen LogP contribution in [0, 0.1) is 17.2 Å². The first-order chi connectivity index (χ1) is 17.3. The zero-order chi connectivity index (χ0) is 25.4. The number of anilines is 2. The summed E-state index contributed by atoms with van der Waals surface area (Å²) in [5, 5.41) is 17.8. The second-order valence-corrected chi connectivity index (χ2v) is 11.2. The Morgan fingerprint density at radius 1 is 1.17 bits per heavy atom. The van der Waals surface area contributed by atoms with Crippen molar-refractivity contribution >= 4 is 32.4 Å². The third kappa shape index (κ3) is 4.51. The second kappa shape index (κ2) is 9.67. The molecule has 5 rings (SSSR count). The van der Waals surface area contributed by atoms with Gasteiger partial charge in [0.25, 0.3) is 5.56 Å². The molecule has 0 unspecified atom stereocenters. The minimum atomic E-state index is -3.67. The van der Waals surface area contributed by atoms with E-state index in [9.17, 15) is 18.5 Å². The van der Waals surface area contributed by atoms with Crippen LogP contribution >= 0.6 is 0 Å². The predicted octanol–water partition coefficient (Wildman–Crippen LogP) is 2.37. The van der Waals surface area contributed by atoms with Crippen LogP contribution in [-0.2, 0) is 19.5 Å². The maximum absolute atomic E-state index is 13.2. The number of ether oxygens (including phenoxy) is 2. The summed E-state index contributed by atoms with van der Waals surface area (Å²) in [6, 6.07) is 10.1. The Kier molecular flexibility index (Phi) is 6.57. The van der Waals surface area contributed by atoms with Crippen molar-refractivity contribution in [3.63, 3.8) is 0 Å². The summed E-state index contributed by atoms with van der Waals surface area (Å²) in [4.78, 5) is 15.6. The number of sulfonamides is 1. The van der Waals surface area contributed by atoms with Crippen molar-refractivity contribution in [2.24, 2.45) is 5.92 Å². The van der Waals surface area contributed by atoms with Gasteiger partial charge in [-0.25, -0.2) is 8.42 Å². The number of fused-ring (bicyclic) bond motifs is 1. The second-order valence-electron chi connectivity index (χ2n) is 9.26.